The minimum absolute atomic E-state index is 0.0154. The molecule has 0 saturated heterocycles. The van der Waals surface area contributed by atoms with E-state index in [-0.39, 0.29) is 17.6 Å². The molecule has 1 aliphatic carbocycles. The molecule has 0 aromatic heterocycles. The van der Waals surface area contributed by atoms with Gasteiger partial charge in [-0.3, -0.25) is 4.79 Å². The van der Waals surface area contributed by atoms with Crippen LogP contribution in [0.3, 0.4) is 0 Å². The van der Waals surface area contributed by atoms with Gasteiger partial charge in [0.05, 0.1) is 5.56 Å². The van der Waals surface area contributed by atoms with Crippen molar-refractivity contribution in [1.29, 1.82) is 0 Å². The Bertz CT molecular complexity index is 984. The first-order valence-electron chi connectivity index (χ1n) is 10.2. The number of ether oxygens (including phenoxy) is 1. The third kappa shape index (κ3) is 4.54. The maximum atomic E-state index is 13.8. The maximum absolute atomic E-state index is 13.8. The van der Waals surface area contributed by atoms with Crippen LogP contribution in [-0.4, -0.2) is 42.4 Å². The molecule has 0 bridgehead atoms. The van der Waals surface area contributed by atoms with Crippen molar-refractivity contribution in [2.75, 3.05) is 20.6 Å². The molecule has 31 heavy (non-hydrogen) atoms. The molecule has 0 radical (unpaired) electrons. The molecule has 4 nitrogen and oxygen atoms in total. The summed E-state index contributed by atoms with van der Waals surface area (Å²) < 4.78 is 57.6. The van der Waals surface area contributed by atoms with Crippen LogP contribution in [0.4, 0.5) is 17.6 Å². The SMILES string of the molecule is CN(C)C1CC(C(=O)N2CCc3ccc(Oc4ccc(C(F)(F)F)c(F)c4)cc3C2)C1. The van der Waals surface area contributed by atoms with E-state index in [0.717, 1.165) is 42.5 Å². The molecule has 1 amide bonds. The van der Waals surface area contributed by atoms with Crippen molar-refractivity contribution in [3.05, 3.63) is 58.9 Å². The number of carbonyl (C=O) groups is 1. The Labute approximate surface area is 178 Å². The predicted octanol–water partition coefficient (Wildman–Crippen LogP) is 4.86. The van der Waals surface area contributed by atoms with E-state index in [9.17, 15) is 22.4 Å². The molecule has 0 N–H and O–H groups in total. The third-order valence-electron chi connectivity index (χ3n) is 6.18. The summed E-state index contributed by atoms with van der Waals surface area (Å²) in [7, 11) is 4.04. The average molecular weight is 436 g/mol. The maximum Gasteiger partial charge on any atom is 0.419 e. The number of alkyl halides is 3. The number of nitrogens with zero attached hydrogens (tertiary/aromatic N) is 2. The second kappa shape index (κ2) is 8.15. The van der Waals surface area contributed by atoms with Crippen LogP contribution in [0.15, 0.2) is 36.4 Å². The van der Waals surface area contributed by atoms with E-state index in [2.05, 4.69) is 4.90 Å². The Hall–Kier alpha value is -2.61. The number of hydrogen-bond donors (Lipinski definition) is 0. The van der Waals surface area contributed by atoms with Crippen LogP contribution in [-0.2, 0) is 23.9 Å². The first kappa shape index (κ1) is 21.6. The van der Waals surface area contributed by atoms with Crippen LogP contribution >= 0.6 is 0 Å². The normalized spacial score (nSPS) is 20.9. The minimum Gasteiger partial charge on any atom is -0.457 e. The molecular formula is C23H24F4N2O2. The van der Waals surface area contributed by atoms with Crippen LogP contribution in [0, 0.1) is 11.7 Å². The van der Waals surface area contributed by atoms with Gasteiger partial charge in [0.15, 0.2) is 0 Å². The highest BCUT2D eigenvalue weighted by atomic mass is 19.4. The Morgan fingerprint density at radius 3 is 2.39 bits per heavy atom. The highest BCUT2D eigenvalue weighted by Crippen LogP contribution is 2.36. The van der Waals surface area contributed by atoms with E-state index >= 15 is 0 Å². The molecule has 2 aliphatic rings. The van der Waals surface area contributed by atoms with E-state index in [1.54, 1.807) is 12.1 Å². The van der Waals surface area contributed by atoms with Crippen LogP contribution in [0.1, 0.15) is 29.5 Å². The zero-order chi connectivity index (χ0) is 22.3. The molecule has 8 heteroatoms. The van der Waals surface area contributed by atoms with Crippen molar-refractivity contribution in [1.82, 2.24) is 9.80 Å². The number of fused-ring (bicyclic) bond motifs is 1. The van der Waals surface area contributed by atoms with Gasteiger partial charge < -0.3 is 14.5 Å². The van der Waals surface area contributed by atoms with Crippen molar-refractivity contribution in [2.45, 2.75) is 38.0 Å². The molecule has 1 aliphatic heterocycles. The van der Waals surface area contributed by atoms with Crippen LogP contribution < -0.4 is 4.74 Å². The lowest BCUT2D eigenvalue weighted by Gasteiger charge is -2.41. The summed E-state index contributed by atoms with van der Waals surface area (Å²) in [5, 5.41) is 0. The van der Waals surface area contributed by atoms with Crippen molar-refractivity contribution < 1.29 is 27.1 Å². The van der Waals surface area contributed by atoms with Gasteiger partial charge in [0.1, 0.15) is 17.3 Å². The number of hydrogen-bond acceptors (Lipinski definition) is 3. The molecule has 166 valence electrons. The topological polar surface area (TPSA) is 32.8 Å². The van der Waals surface area contributed by atoms with Crippen molar-refractivity contribution in [3.8, 4) is 11.5 Å². The van der Waals surface area contributed by atoms with Crippen LogP contribution in [0.5, 0.6) is 11.5 Å². The summed E-state index contributed by atoms with van der Waals surface area (Å²) >= 11 is 0. The third-order valence-corrected chi connectivity index (χ3v) is 6.18. The van der Waals surface area contributed by atoms with E-state index in [1.807, 2.05) is 25.1 Å². The Morgan fingerprint density at radius 2 is 1.74 bits per heavy atom. The summed E-state index contributed by atoms with van der Waals surface area (Å²) in [4.78, 5) is 16.8. The zero-order valence-corrected chi connectivity index (χ0v) is 17.4. The lowest BCUT2D eigenvalue weighted by Crippen LogP contribution is -2.49. The Balaban J connectivity index is 1.44. The number of benzene rings is 2. The fraction of sp³-hybridized carbons (Fsp3) is 0.435. The number of rotatable bonds is 4. The fourth-order valence-corrected chi connectivity index (χ4v) is 4.18. The Morgan fingerprint density at radius 1 is 1.06 bits per heavy atom. The van der Waals surface area contributed by atoms with E-state index in [0.29, 0.717) is 30.9 Å². The smallest absolute Gasteiger partial charge is 0.419 e. The monoisotopic (exact) mass is 436 g/mol. The van der Waals surface area contributed by atoms with Gasteiger partial charge >= 0.3 is 6.18 Å². The lowest BCUT2D eigenvalue weighted by molar-refractivity contribution is -0.141. The van der Waals surface area contributed by atoms with Gasteiger partial charge in [0, 0.05) is 31.1 Å². The summed E-state index contributed by atoms with van der Waals surface area (Å²) in [5.74, 6) is -0.776. The van der Waals surface area contributed by atoms with Gasteiger partial charge in [-0.1, -0.05) is 6.07 Å². The molecule has 2 aromatic rings. The first-order chi connectivity index (χ1) is 14.6. The molecule has 0 atom stereocenters. The van der Waals surface area contributed by atoms with E-state index in [4.69, 9.17) is 4.74 Å². The number of halogens is 4. The standard InChI is InChI=1S/C23H24F4N2O2/c1-28(2)17-9-15(10-17)22(30)29-8-7-14-3-4-18(11-16(14)13-29)31-19-5-6-20(21(24)12-19)23(25,26)27/h3-6,11-12,15,17H,7-10,13H2,1-2H3. The highest BCUT2D eigenvalue weighted by Gasteiger charge is 2.38. The summed E-state index contributed by atoms with van der Waals surface area (Å²) in [5.41, 5.74) is 0.717. The average Bonchev–Trinajstić information content (AvgIpc) is 2.65. The van der Waals surface area contributed by atoms with Gasteiger partial charge in [0.2, 0.25) is 5.91 Å². The van der Waals surface area contributed by atoms with Crippen molar-refractivity contribution in [2.24, 2.45) is 5.92 Å². The van der Waals surface area contributed by atoms with E-state index < -0.39 is 17.6 Å². The number of carbonyl (C=O) groups excluding carboxylic acids is 1. The molecule has 0 spiro atoms. The Kier molecular flexibility index (Phi) is 5.68. The molecule has 1 fully saturated rings. The van der Waals surface area contributed by atoms with E-state index in [1.165, 1.54) is 0 Å². The zero-order valence-electron chi connectivity index (χ0n) is 17.4. The minimum atomic E-state index is -4.75. The summed E-state index contributed by atoms with van der Waals surface area (Å²) in [6.07, 6.45) is -2.27. The second-order valence-electron chi connectivity index (χ2n) is 8.47. The van der Waals surface area contributed by atoms with Crippen molar-refractivity contribution in [3.63, 3.8) is 0 Å². The molecule has 4 rings (SSSR count). The quantitative estimate of drug-likeness (QED) is 0.642. The molecule has 1 saturated carbocycles. The van der Waals surface area contributed by atoms with Gasteiger partial charge in [0.25, 0.3) is 0 Å². The first-order valence-corrected chi connectivity index (χ1v) is 10.2. The van der Waals surface area contributed by atoms with Gasteiger partial charge in [-0.05, 0) is 68.8 Å². The predicted molar refractivity (Wildman–Crippen MR) is 107 cm³/mol. The summed E-state index contributed by atoms with van der Waals surface area (Å²) in [6, 6.07) is 8.32. The van der Waals surface area contributed by atoms with Gasteiger partial charge in [-0.2, -0.15) is 13.2 Å². The van der Waals surface area contributed by atoms with Crippen LogP contribution in [0.2, 0.25) is 0 Å². The highest BCUT2D eigenvalue weighted by molar-refractivity contribution is 5.80. The second-order valence-corrected chi connectivity index (χ2v) is 8.47. The number of amides is 1. The fourth-order valence-electron chi connectivity index (χ4n) is 4.18. The summed E-state index contributed by atoms with van der Waals surface area (Å²) in [6.45, 7) is 1.13. The molecule has 2 aromatic carbocycles. The van der Waals surface area contributed by atoms with Crippen molar-refractivity contribution >= 4 is 5.91 Å². The molecule has 0 unspecified atom stereocenters. The molecule has 1 heterocycles. The van der Waals surface area contributed by atoms with Gasteiger partial charge in [-0.15, -0.1) is 0 Å². The largest absolute Gasteiger partial charge is 0.457 e. The van der Waals surface area contributed by atoms with Crippen LogP contribution in [0.25, 0.3) is 0 Å². The molecular weight excluding hydrogens is 412 g/mol. The lowest BCUT2D eigenvalue weighted by atomic mass is 9.78. The van der Waals surface area contributed by atoms with Gasteiger partial charge in [-0.25, -0.2) is 4.39 Å².